The largest absolute Gasteiger partial charge is 0.381 e. The summed E-state index contributed by atoms with van der Waals surface area (Å²) in [6, 6.07) is 0.756. The molecule has 2 fully saturated rings. The van der Waals surface area contributed by atoms with Crippen LogP contribution in [0.2, 0.25) is 0 Å². The third-order valence-corrected chi connectivity index (χ3v) is 4.84. The fourth-order valence-corrected chi connectivity index (χ4v) is 3.50. The zero-order valence-electron chi connectivity index (χ0n) is 12.9. The molecule has 2 rings (SSSR count). The van der Waals surface area contributed by atoms with Crippen LogP contribution in [-0.2, 0) is 4.74 Å². The molecule has 0 saturated carbocycles. The quantitative estimate of drug-likeness (QED) is 0.750. The zero-order valence-corrected chi connectivity index (χ0v) is 12.9. The highest BCUT2D eigenvalue weighted by atomic mass is 16.5. The second-order valence-electron chi connectivity index (χ2n) is 6.65. The molecule has 2 aliphatic rings. The SMILES string of the molecule is CCCNCC1(CN2CCCCCC2C)CCOC1. The monoisotopic (exact) mass is 268 g/mol. The van der Waals surface area contributed by atoms with Crippen molar-refractivity contribution in [3.63, 3.8) is 0 Å². The lowest BCUT2D eigenvalue weighted by molar-refractivity contribution is 0.0905. The number of likely N-dealkylation sites (tertiary alicyclic amines) is 1. The van der Waals surface area contributed by atoms with E-state index in [-0.39, 0.29) is 0 Å². The second-order valence-corrected chi connectivity index (χ2v) is 6.65. The molecule has 0 bridgehead atoms. The van der Waals surface area contributed by atoms with Gasteiger partial charge in [-0.05, 0) is 45.7 Å². The summed E-state index contributed by atoms with van der Waals surface area (Å²) in [5.41, 5.74) is 0.369. The molecule has 2 atom stereocenters. The summed E-state index contributed by atoms with van der Waals surface area (Å²) >= 11 is 0. The highest BCUT2D eigenvalue weighted by molar-refractivity contribution is 4.90. The predicted molar refractivity (Wildman–Crippen MR) is 80.5 cm³/mol. The Labute approximate surface area is 119 Å². The molecule has 0 radical (unpaired) electrons. The van der Waals surface area contributed by atoms with Gasteiger partial charge in [-0.15, -0.1) is 0 Å². The number of hydrogen-bond acceptors (Lipinski definition) is 3. The van der Waals surface area contributed by atoms with Crippen molar-refractivity contribution < 1.29 is 4.74 Å². The van der Waals surface area contributed by atoms with Gasteiger partial charge in [0.25, 0.3) is 0 Å². The van der Waals surface area contributed by atoms with Crippen molar-refractivity contribution in [3.05, 3.63) is 0 Å². The molecule has 0 aliphatic carbocycles. The third-order valence-electron chi connectivity index (χ3n) is 4.84. The minimum absolute atomic E-state index is 0.369. The van der Waals surface area contributed by atoms with Gasteiger partial charge in [0.1, 0.15) is 0 Å². The van der Waals surface area contributed by atoms with Gasteiger partial charge < -0.3 is 10.1 Å². The average molecular weight is 268 g/mol. The Kier molecular flexibility index (Phi) is 6.11. The lowest BCUT2D eigenvalue weighted by atomic mass is 9.86. The lowest BCUT2D eigenvalue weighted by Crippen LogP contribution is -2.47. The number of ether oxygens (including phenoxy) is 1. The molecular weight excluding hydrogens is 236 g/mol. The van der Waals surface area contributed by atoms with E-state index in [4.69, 9.17) is 4.74 Å². The van der Waals surface area contributed by atoms with Crippen molar-refractivity contribution >= 4 is 0 Å². The van der Waals surface area contributed by atoms with E-state index in [2.05, 4.69) is 24.1 Å². The van der Waals surface area contributed by atoms with E-state index in [0.717, 1.165) is 32.3 Å². The highest BCUT2D eigenvalue weighted by Gasteiger charge is 2.37. The molecule has 0 aromatic carbocycles. The fourth-order valence-electron chi connectivity index (χ4n) is 3.50. The van der Waals surface area contributed by atoms with Gasteiger partial charge >= 0.3 is 0 Å². The van der Waals surface area contributed by atoms with E-state index in [1.165, 1.54) is 51.6 Å². The van der Waals surface area contributed by atoms with Crippen molar-refractivity contribution in [1.82, 2.24) is 10.2 Å². The van der Waals surface area contributed by atoms with E-state index >= 15 is 0 Å². The minimum atomic E-state index is 0.369. The van der Waals surface area contributed by atoms with E-state index in [1.54, 1.807) is 0 Å². The Balaban J connectivity index is 1.90. The van der Waals surface area contributed by atoms with Crippen LogP contribution in [0.4, 0.5) is 0 Å². The van der Waals surface area contributed by atoms with Crippen LogP contribution in [0.25, 0.3) is 0 Å². The molecule has 3 nitrogen and oxygen atoms in total. The Morgan fingerprint density at radius 1 is 1.32 bits per heavy atom. The minimum Gasteiger partial charge on any atom is -0.381 e. The first-order valence-electron chi connectivity index (χ1n) is 8.28. The van der Waals surface area contributed by atoms with E-state index in [9.17, 15) is 0 Å². The van der Waals surface area contributed by atoms with Crippen LogP contribution in [-0.4, -0.2) is 50.3 Å². The molecule has 0 aromatic heterocycles. The predicted octanol–water partition coefficient (Wildman–Crippen LogP) is 2.66. The van der Waals surface area contributed by atoms with Crippen LogP contribution in [0, 0.1) is 5.41 Å². The van der Waals surface area contributed by atoms with Crippen LogP contribution in [0.3, 0.4) is 0 Å². The van der Waals surface area contributed by atoms with Gasteiger partial charge in [0.15, 0.2) is 0 Å². The molecule has 0 aromatic rings. The van der Waals surface area contributed by atoms with E-state index in [1.807, 2.05) is 0 Å². The van der Waals surface area contributed by atoms with Crippen LogP contribution >= 0.6 is 0 Å². The van der Waals surface area contributed by atoms with Gasteiger partial charge in [-0.2, -0.15) is 0 Å². The lowest BCUT2D eigenvalue weighted by Gasteiger charge is -2.37. The zero-order chi connectivity index (χ0) is 13.6. The molecular formula is C16H32N2O. The van der Waals surface area contributed by atoms with Gasteiger partial charge in [0, 0.05) is 31.2 Å². The number of nitrogens with zero attached hydrogens (tertiary/aromatic N) is 1. The fraction of sp³-hybridized carbons (Fsp3) is 1.00. The van der Waals surface area contributed by atoms with Crippen LogP contribution in [0.1, 0.15) is 52.4 Å². The summed E-state index contributed by atoms with van der Waals surface area (Å²) in [6.07, 6.45) is 8.03. The topological polar surface area (TPSA) is 24.5 Å². The maximum atomic E-state index is 5.73. The summed E-state index contributed by atoms with van der Waals surface area (Å²) in [4.78, 5) is 2.73. The molecule has 2 saturated heterocycles. The van der Waals surface area contributed by atoms with Crippen LogP contribution in [0.15, 0.2) is 0 Å². The normalized spacial score (nSPS) is 33.5. The summed E-state index contributed by atoms with van der Waals surface area (Å²) in [5, 5.41) is 3.63. The summed E-state index contributed by atoms with van der Waals surface area (Å²) in [7, 11) is 0. The highest BCUT2D eigenvalue weighted by Crippen LogP contribution is 2.31. The van der Waals surface area contributed by atoms with Gasteiger partial charge in [-0.1, -0.05) is 19.8 Å². The van der Waals surface area contributed by atoms with Crippen LogP contribution in [0.5, 0.6) is 0 Å². The van der Waals surface area contributed by atoms with E-state index in [0.29, 0.717) is 5.41 Å². The first kappa shape index (κ1) is 15.3. The third kappa shape index (κ3) is 4.44. The first-order valence-corrected chi connectivity index (χ1v) is 8.28. The average Bonchev–Trinajstić information content (AvgIpc) is 2.77. The second kappa shape index (κ2) is 7.61. The Morgan fingerprint density at radius 2 is 2.21 bits per heavy atom. The number of hydrogen-bond donors (Lipinski definition) is 1. The van der Waals surface area contributed by atoms with Gasteiger partial charge in [-0.25, -0.2) is 0 Å². The van der Waals surface area contributed by atoms with Crippen molar-refractivity contribution in [2.24, 2.45) is 5.41 Å². The van der Waals surface area contributed by atoms with Crippen molar-refractivity contribution in [2.75, 3.05) is 39.4 Å². The van der Waals surface area contributed by atoms with Gasteiger partial charge in [0.2, 0.25) is 0 Å². The maximum absolute atomic E-state index is 5.73. The molecule has 3 heteroatoms. The standard InChI is InChI=1S/C16H32N2O/c1-3-9-17-12-16(8-11-19-14-16)13-18-10-6-4-5-7-15(18)2/h15,17H,3-14H2,1-2H3. The smallest absolute Gasteiger partial charge is 0.0547 e. The summed E-state index contributed by atoms with van der Waals surface area (Å²) in [5.74, 6) is 0. The molecule has 19 heavy (non-hydrogen) atoms. The number of nitrogens with one attached hydrogen (secondary N) is 1. The van der Waals surface area contributed by atoms with E-state index < -0.39 is 0 Å². The maximum Gasteiger partial charge on any atom is 0.0547 e. The Hall–Kier alpha value is -0.120. The number of rotatable bonds is 6. The van der Waals surface area contributed by atoms with Crippen molar-refractivity contribution in [3.8, 4) is 0 Å². The van der Waals surface area contributed by atoms with Crippen molar-refractivity contribution in [1.29, 1.82) is 0 Å². The van der Waals surface area contributed by atoms with Gasteiger partial charge in [-0.3, -0.25) is 4.90 Å². The molecule has 0 amide bonds. The molecule has 2 aliphatic heterocycles. The van der Waals surface area contributed by atoms with Gasteiger partial charge in [0.05, 0.1) is 6.61 Å². The summed E-state index contributed by atoms with van der Waals surface area (Å²) in [6.45, 7) is 11.3. The Morgan fingerprint density at radius 3 is 2.95 bits per heavy atom. The van der Waals surface area contributed by atoms with Crippen molar-refractivity contribution in [2.45, 2.75) is 58.4 Å². The molecule has 112 valence electrons. The summed E-state index contributed by atoms with van der Waals surface area (Å²) < 4.78 is 5.73. The molecule has 2 unspecified atom stereocenters. The molecule has 1 N–H and O–H groups in total. The van der Waals surface area contributed by atoms with Crippen LogP contribution < -0.4 is 5.32 Å². The Bertz CT molecular complexity index is 251. The first-order chi connectivity index (χ1) is 9.26. The molecule has 0 spiro atoms. The molecule has 2 heterocycles.